The van der Waals surface area contributed by atoms with E-state index in [9.17, 15) is 0 Å². The maximum Gasteiger partial charge on any atom is 0.0310 e. The van der Waals surface area contributed by atoms with E-state index in [1.165, 1.54) is 128 Å². The third-order valence-corrected chi connectivity index (χ3v) is 8.04. The summed E-state index contributed by atoms with van der Waals surface area (Å²) in [6.07, 6.45) is 38.6. The van der Waals surface area contributed by atoms with Crippen molar-refractivity contribution in [1.29, 1.82) is 0 Å². The molecule has 0 saturated heterocycles. The predicted octanol–water partition coefficient (Wildman–Crippen LogP) is 9.66. The molecule has 0 heterocycles. The highest BCUT2D eigenvalue weighted by atomic mass is 14.7. The summed E-state index contributed by atoms with van der Waals surface area (Å²) in [6, 6.07) is 0. The third kappa shape index (κ3) is 12.9. The minimum absolute atomic E-state index is 0.157. The van der Waals surface area contributed by atoms with Crippen molar-refractivity contribution >= 4 is 0 Å². The van der Waals surface area contributed by atoms with Crippen LogP contribution in [0.4, 0.5) is 0 Å². The van der Waals surface area contributed by atoms with E-state index in [-0.39, 0.29) is 5.54 Å². The van der Waals surface area contributed by atoms with Gasteiger partial charge >= 0.3 is 0 Å². The lowest BCUT2D eigenvalue weighted by atomic mass is 9.71. The van der Waals surface area contributed by atoms with E-state index in [0.29, 0.717) is 5.41 Å². The molecule has 2 N–H and O–H groups in total. The Hall–Kier alpha value is -0.560. The molecule has 180 valence electrons. The molecule has 2 atom stereocenters. The number of rotatable bonds is 2. The Bertz CT molecular complexity index is 495. The van der Waals surface area contributed by atoms with Crippen LogP contribution in [-0.2, 0) is 0 Å². The minimum atomic E-state index is -0.157. The summed E-state index contributed by atoms with van der Waals surface area (Å²) < 4.78 is 0. The topological polar surface area (TPSA) is 26.0 Å². The highest BCUT2D eigenvalue weighted by Gasteiger charge is 2.29. The van der Waals surface area contributed by atoms with Gasteiger partial charge in [0.05, 0.1) is 0 Å². The molecule has 2 rings (SSSR count). The van der Waals surface area contributed by atoms with Gasteiger partial charge in [-0.25, -0.2) is 0 Å². The Kier molecular flexibility index (Phi) is 13.2. The Morgan fingerprint density at radius 3 is 1.77 bits per heavy atom. The molecule has 1 nitrogen and oxygen atoms in total. The molecule has 0 aliphatic heterocycles. The van der Waals surface area contributed by atoms with Gasteiger partial charge in [0.25, 0.3) is 0 Å². The zero-order valence-corrected chi connectivity index (χ0v) is 21.3. The van der Waals surface area contributed by atoms with Crippen molar-refractivity contribution in [2.24, 2.45) is 17.1 Å². The van der Waals surface area contributed by atoms with Crippen LogP contribution in [0.25, 0.3) is 0 Å². The number of hydrogen-bond acceptors (Lipinski definition) is 1. The molecule has 0 aromatic rings. The Morgan fingerprint density at radius 1 is 0.645 bits per heavy atom. The van der Waals surface area contributed by atoms with Gasteiger partial charge in [-0.05, 0) is 69.6 Å². The van der Waals surface area contributed by atoms with E-state index in [1.54, 1.807) is 0 Å². The van der Waals surface area contributed by atoms with E-state index >= 15 is 0 Å². The number of nitrogens with two attached hydrogens (primary N) is 1. The molecule has 1 saturated carbocycles. The molecular weight excluding hydrogens is 374 g/mol. The van der Waals surface area contributed by atoms with Gasteiger partial charge in [0.1, 0.15) is 0 Å². The van der Waals surface area contributed by atoms with Crippen LogP contribution in [0.2, 0.25) is 0 Å². The van der Waals surface area contributed by atoms with E-state index in [0.717, 1.165) is 12.3 Å². The van der Waals surface area contributed by atoms with Crippen LogP contribution in [0.3, 0.4) is 0 Å². The van der Waals surface area contributed by atoms with Crippen molar-refractivity contribution in [3.05, 3.63) is 24.3 Å². The van der Waals surface area contributed by atoms with Gasteiger partial charge in [-0.3, -0.25) is 0 Å². The molecule has 1 fully saturated rings. The summed E-state index contributed by atoms with van der Waals surface area (Å²) in [7, 11) is 0. The van der Waals surface area contributed by atoms with Crippen molar-refractivity contribution in [2.45, 2.75) is 154 Å². The van der Waals surface area contributed by atoms with E-state index in [2.05, 4.69) is 38.2 Å². The molecule has 2 aliphatic rings. The predicted molar refractivity (Wildman–Crippen MR) is 139 cm³/mol. The second-order valence-corrected chi connectivity index (χ2v) is 11.7. The summed E-state index contributed by atoms with van der Waals surface area (Å²) in [5.41, 5.74) is 6.99. The molecule has 0 aromatic heterocycles. The molecule has 1 heteroatoms. The van der Waals surface area contributed by atoms with Crippen molar-refractivity contribution < 1.29 is 0 Å². The lowest BCUT2D eigenvalue weighted by Gasteiger charge is -2.35. The third-order valence-electron chi connectivity index (χ3n) is 8.04. The first-order valence-corrected chi connectivity index (χ1v) is 14.1. The zero-order chi connectivity index (χ0) is 22.3. The lowest BCUT2D eigenvalue weighted by Crippen LogP contribution is -2.35. The molecule has 0 spiro atoms. The van der Waals surface area contributed by atoms with Crippen LogP contribution >= 0.6 is 0 Å². The maximum atomic E-state index is 6.74. The fourth-order valence-corrected chi connectivity index (χ4v) is 5.81. The summed E-state index contributed by atoms with van der Waals surface area (Å²) in [6.45, 7) is 4.81. The summed E-state index contributed by atoms with van der Waals surface area (Å²) >= 11 is 0. The van der Waals surface area contributed by atoms with Crippen LogP contribution in [0.1, 0.15) is 149 Å². The molecule has 2 unspecified atom stereocenters. The van der Waals surface area contributed by atoms with Crippen LogP contribution < -0.4 is 5.73 Å². The first-order valence-electron chi connectivity index (χ1n) is 14.1. The summed E-state index contributed by atoms with van der Waals surface area (Å²) in [4.78, 5) is 0. The normalized spacial score (nSPS) is 34.4. The molecule has 2 aliphatic carbocycles. The summed E-state index contributed by atoms with van der Waals surface area (Å²) in [5, 5.41) is 0. The van der Waals surface area contributed by atoms with E-state index < -0.39 is 0 Å². The van der Waals surface area contributed by atoms with Gasteiger partial charge in [0.15, 0.2) is 0 Å². The van der Waals surface area contributed by atoms with Crippen LogP contribution in [-0.4, -0.2) is 5.54 Å². The summed E-state index contributed by atoms with van der Waals surface area (Å²) in [5.74, 6) is 0.936. The first-order chi connectivity index (χ1) is 15.0. The Labute approximate surface area is 195 Å². The first kappa shape index (κ1) is 26.7. The highest BCUT2D eigenvalue weighted by Crippen LogP contribution is 2.41. The van der Waals surface area contributed by atoms with Crippen molar-refractivity contribution in [3.8, 4) is 0 Å². The molecule has 31 heavy (non-hydrogen) atoms. The molecule has 0 aromatic carbocycles. The number of hydrogen-bond donors (Lipinski definition) is 1. The van der Waals surface area contributed by atoms with Crippen LogP contribution in [0, 0.1) is 11.3 Å². The van der Waals surface area contributed by atoms with Gasteiger partial charge in [-0.1, -0.05) is 115 Å². The monoisotopic (exact) mass is 429 g/mol. The minimum Gasteiger partial charge on any atom is -0.322 e. The van der Waals surface area contributed by atoms with Crippen LogP contribution in [0.5, 0.6) is 0 Å². The second kappa shape index (κ2) is 15.3. The fraction of sp³-hybridized carbons (Fsp3) is 0.867. The average molecular weight is 430 g/mol. The molecule has 0 radical (unpaired) electrons. The molecular formula is C30H55N. The van der Waals surface area contributed by atoms with Crippen molar-refractivity contribution in [1.82, 2.24) is 0 Å². The SMILES string of the molecule is CC1(N)/C=C\CCCCCCCCCCC/C=C\CC(C)(CC2CCCCCC2)CC1. The standard InChI is InChI=1S/C30H55N/c1-29(27-28-21-17-13-14-18-22-28)23-19-15-11-9-7-5-3-4-6-8-10-12-16-20-24-30(2,31)26-25-29/h15,19-20,24,28H,3-14,16-18,21-23,25-27,31H2,1-2H3/b19-15-,24-20-. The smallest absolute Gasteiger partial charge is 0.0310 e. The lowest BCUT2D eigenvalue weighted by molar-refractivity contribution is 0.196. The Morgan fingerprint density at radius 2 is 1.16 bits per heavy atom. The quantitative estimate of drug-likeness (QED) is 0.343. The largest absolute Gasteiger partial charge is 0.322 e. The fourth-order valence-electron chi connectivity index (χ4n) is 5.81. The second-order valence-electron chi connectivity index (χ2n) is 11.7. The van der Waals surface area contributed by atoms with Gasteiger partial charge < -0.3 is 5.73 Å². The van der Waals surface area contributed by atoms with Crippen LogP contribution in [0.15, 0.2) is 24.3 Å². The van der Waals surface area contributed by atoms with Crippen molar-refractivity contribution in [2.75, 3.05) is 0 Å². The zero-order valence-electron chi connectivity index (χ0n) is 21.3. The average Bonchev–Trinajstić information content (AvgIpc) is 3.00. The maximum absolute atomic E-state index is 6.74. The van der Waals surface area contributed by atoms with Gasteiger partial charge in [0.2, 0.25) is 0 Å². The van der Waals surface area contributed by atoms with Gasteiger partial charge in [-0.15, -0.1) is 0 Å². The van der Waals surface area contributed by atoms with Gasteiger partial charge in [-0.2, -0.15) is 0 Å². The van der Waals surface area contributed by atoms with E-state index in [1.807, 2.05) is 0 Å². The number of allylic oxidation sites excluding steroid dienone is 3. The highest BCUT2D eigenvalue weighted by molar-refractivity contribution is 5.03. The Balaban J connectivity index is 1.97. The molecule has 0 bridgehead atoms. The van der Waals surface area contributed by atoms with Crippen molar-refractivity contribution in [3.63, 3.8) is 0 Å². The van der Waals surface area contributed by atoms with E-state index in [4.69, 9.17) is 5.73 Å². The van der Waals surface area contributed by atoms with Gasteiger partial charge in [0, 0.05) is 5.54 Å². The molecule has 0 amide bonds.